The Balaban J connectivity index is 1.42. The lowest BCUT2D eigenvalue weighted by Gasteiger charge is -2.30. The van der Waals surface area contributed by atoms with Gasteiger partial charge in [0.1, 0.15) is 19.3 Å². The van der Waals surface area contributed by atoms with Crippen molar-refractivity contribution >= 4 is 5.91 Å². The highest BCUT2D eigenvalue weighted by Crippen LogP contribution is 2.33. The molecule has 1 unspecified atom stereocenters. The summed E-state index contributed by atoms with van der Waals surface area (Å²) in [5, 5.41) is 14.5. The van der Waals surface area contributed by atoms with Gasteiger partial charge in [0.05, 0.1) is 6.04 Å². The third kappa shape index (κ3) is 12.9. The zero-order valence-electron chi connectivity index (χ0n) is 25.6. The molecule has 2 aromatic rings. The number of nitrogens with one attached hydrogen (secondary N) is 1. The highest BCUT2D eigenvalue weighted by molar-refractivity contribution is 5.76. The van der Waals surface area contributed by atoms with Crippen LogP contribution in [0.1, 0.15) is 114 Å². The second-order valence-electron chi connectivity index (χ2n) is 11.7. The predicted molar refractivity (Wildman–Crippen MR) is 167 cm³/mol. The summed E-state index contributed by atoms with van der Waals surface area (Å²) in [7, 11) is 2.02. The van der Waals surface area contributed by atoms with Crippen molar-refractivity contribution in [1.82, 2.24) is 10.2 Å². The van der Waals surface area contributed by atoms with Gasteiger partial charge in [0, 0.05) is 19.5 Å². The minimum atomic E-state index is -0.861. The Morgan fingerprint density at radius 3 is 2.05 bits per heavy atom. The van der Waals surface area contributed by atoms with Crippen LogP contribution < -0.4 is 14.8 Å². The molecule has 41 heavy (non-hydrogen) atoms. The van der Waals surface area contributed by atoms with Gasteiger partial charge in [-0.05, 0) is 36.7 Å². The summed E-state index contributed by atoms with van der Waals surface area (Å²) < 4.78 is 11.4. The molecule has 0 aromatic heterocycles. The Bertz CT molecular complexity index is 983. The van der Waals surface area contributed by atoms with Crippen LogP contribution in [0, 0.1) is 0 Å². The van der Waals surface area contributed by atoms with Crippen molar-refractivity contribution in [3.63, 3.8) is 0 Å². The van der Waals surface area contributed by atoms with Crippen LogP contribution in [0.5, 0.6) is 11.5 Å². The summed E-state index contributed by atoms with van der Waals surface area (Å²) in [4.78, 5) is 15.1. The number of likely N-dealkylation sites (N-methyl/N-ethyl adjacent to an activating group) is 1. The van der Waals surface area contributed by atoms with Gasteiger partial charge in [-0.3, -0.25) is 9.69 Å². The van der Waals surface area contributed by atoms with Gasteiger partial charge in [-0.2, -0.15) is 0 Å². The monoisotopic (exact) mass is 566 g/mol. The van der Waals surface area contributed by atoms with Crippen molar-refractivity contribution in [3.8, 4) is 11.5 Å². The van der Waals surface area contributed by atoms with E-state index in [9.17, 15) is 9.90 Å². The first kappa shape index (κ1) is 32.9. The zero-order chi connectivity index (χ0) is 29.1. The molecule has 0 saturated heterocycles. The van der Waals surface area contributed by atoms with Crippen LogP contribution >= 0.6 is 0 Å². The van der Waals surface area contributed by atoms with E-state index in [0.29, 0.717) is 43.2 Å². The van der Waals surface area contributed by atoms with Crippen LogP contribution in [0.15, 0.2) is 48.5 Å². The van der Waals surface area contributed by atoms with Crippen LogP contribution in [0.2, 0.25) is 0 Å². The van der Waals surface area contributed by atoms with Crippen LogP contribution in [0.4, 0.5) is 0 Å². The van der Waals surface area contributed by atoms with Crippen molar-refractivity contribution in [2.45, 2.75) is 116 Å². The number of benzene rings is 2. The van der Waals surface area contributed by atoms with Gasteiger partial charge in [-0.15, -0.1) is 0 Å². The molecule has 6 nitrogen and oxygen atoms in total. The first-order chi connectivity index (χ1) is 20.1. The maximum absolute atomic E-state index is 13.0. The molecule has 0 radical (unpaired) electrons. The number of aliphatic hydroxyl groups excluding tert-OH is 1. The molecule has 0 saturated carbocycles. The number of fused-ring (bicyclic) bond motifs is 1. The molecule has 2 aromatic carbocycles. The fourth-order valence-electron chi connectivity index (χ4n) is 5.58. The lowest BCUT2D eigenvalue weighted by atomic mass is 10.00. The average Bonchev–Trinajstić information content (AvgIpc) is 2.99. The number of nitrogens with zero attached hydrogens (tertiary/aromatic N) is 1. The number of unbranched alkanes of at least 4 members (excludes halogenated alkanes) is 12. The minimum absolute atomic E-state index is 0.00257. The van der Waals surface area contributed by atoms with Gasteiger partial charge < -0.3 is 19.9 Å². The molecule has 0 aliphatic carbocycles. The highest BCUT2D eigenvalue weighted by Gasteiger charge is 2.26. The van der Waals surface area contributed by atoms with Crippen molar-refractivity contribution in [2.24, 2.45) is 0 Å². The third-order valence-electron chi connectivity index (χ3n) is 7.95. The summed E-state index contributed by atoms with van der Waals surface area (Å²) in [6.07, 6.45) is 16.3. The topological polar surface area (TPSA) is 71.0 Å². The first-order valence-corrected chi connectivity index (χ1v) is 16.2. The quantitative estimate of drug-likeness (QED) is 0.152. The van der Waals surface area contributed by atoms with Gasteiger partial charge >= 0.3 is 0 Å². The second-order valence-corrected chi connectivity index (χ2v) is 11.7. The summed E-state index contributed by atoms with van der Waals surface area (Å²) in [6.45, 7) is 4.54. The largest absolute Gasteiger partial charge is 0.486 e. The molecule has 1 heterocycles. The smallest absolute Gasteiger partial charge is 0.220 e. The number of hydrogen-bond acceptors (Lipinski definition) is 5. The summed E-state index contributed by atoms with van der Waals surface area (Å²) in [6, 6.07) is 15.3. The molecule has 0 fully saturated rings. The Labute approximate surface area is 248 Å². The number of carbonyl (C=O) groups excluding carboxylic acids is 1. The van der Waals surface area contributed by atoms with E-state index in [1.54, 1.807) is 0 Å². The van der Waals surface area contributed by atoms with Gasteiger partial charge in [-0.25, -0.2) is 0 Å². The van der Waals surface area contributed by atoms with E-state index in [1.807, 2.05) is 43.4 Å². The maximum Gasteiger partial charge on any atom is 0.220 e. The molecular weight excluding hydrogens is 512 g/mol. The molecule has 0 bridgehead atoms. The number of carbonyl (C=O) groups is 1. The van der Waals surface area contributed by atoms with E-state index in [1.165, 1.54) is 76.2 Å². The van der Waals surface area contributed by atoms with Crippen LogP contribution in [0.3, 0.4) is 0 Å². The van der Waals surface area contributed by atoms with Crippen molar-refractivity contribution in [3.05, 3.63) is 59.7 Å². The van der Waals surface area contributed by atoms with Crippen molar-refractivity contribution < 1.29 is 19.4 Å². The second kappa shape index (κ2) is 19.5. The first-order valence-electron chi connectivity index (χ1n) is 16.2. The van der Waals surface area contributed by atoms with E-state index in [0.717, 1.165) is 19.4 Å². The molecule has 1 amide bonds. The number of hydrogen-bond donors (Lipinski definition) is 2. The molecule has 1 aliphatic rings. The van der Waals surface area contributed by atoms with Crippen molar-refractivity contribution in [1.29, 1.82) is 0 Å². The normalized spacial score (nSPS) is 14.1. The van der Waals surface area contributed by atoms with Gasteiger partial charge in [0.2, 0.25) is 5.91 Å². The summed E-state index contributed by atoms with van der Waals surface area (Å²) in [5.41, 5.74) is 1.91. The predicted octanol–water partition coefficient (Wildman–Crippen LogP) is 7.59. The van der Waals surface area contributed by atoms with E-state index < -0.39 is 12.1 Å². The lowest BCUT2D eigenvalue weighted by Crippen LogP contribution is -2.46. The highest BCUT2D eigenvalue weighted by atomic mass is 16.6. The molecule has 0 spiro atoms. The molecular formula is C35H54N2O4. The summed E-state index contributed by atoms with van der Waals surface area (Å²) >= 11 is 0. The number of rotatable bonds is 21. The molecule has 228 valence electrons. The lowest BCUT2D eigenvalue weighted by molar-refractivity contribution is -0.123. The van der Waals surface area contributed by atoms with Crippen LogP contribution in [-0.4, -0.2) is 48.8 Å². The Morgan fingerprint density at radius 1 is 0.829 bits per heavy atom. The fraction of sp³-hybridized carbons (Fsp3) is 0.629. The fourth-order valence-corrected chi connectivity index (χ4v) is 5.58. The zero-order valence-corrected chi connectivity index (χ0v) is 25.6. The Morgan fingerprint density at radius 2 is 1.41 bits per heavy atom. The molecule has 6 heteroatoms. The van der Waals surface area contributed by atoms with E-state index in [-0.39, 0.29) is 5.91 Å². The third-order valence-corrected chi connectivity index (χ3v) is 7.95. The van der Waals surface area contributed by atoms with Crippen LogP contribution in [-0.2, 0) is 11.3 Å². The summed E-state index contributed by atoms with van der Waals surface area (Å²) in [5.74, 6) is 1.33. The Kier molecular flexibility index (Phi) is 15.7. The van der Waals surface area contributed by atoms with Crippen molar-refractivity contribution in [2.75, 3.05) is 26.8 Å². The number of ether oxygens (including phenoxy) is 2. The molecule has 3 rings (SSSR count). The van der Waals surface area contributed by atoms with Gasteiger partial charge in [-0.1, -0.05) is 120 Å². The number of aliphatic hydroxyl groups is 1. The van der Waals surface area contributed by atoms with Gasteiger partial charge in [0.25, 0.3) is 0 Å². The Hall–Kier alpha value is -2.57. The standard InChI is InChI=1S/C35H54N2O4/c1-3-4-5-6-7-8-9-10-11-12-13-14-18-21-34(38)36-31(28-37(2)27-29-19-16-15-17-20-29)35(39)30-22-23-32-33(26-30)41-25-24-40-32/h15-17,19-20,22-23,26,31,35,39H,3-14,18,21,24-25,27-28H2,1-2H3,(H,36,38)/t31?,35-/m1/s1. The van der Waals surface area contributed by atoms with Crippen LogP contribution in [0.25, 0.3) is 0 Å². The molecule has 1 aliphatic heterocycles. The SMILES string of the molecule is CCCCCCCCCCCCCCCC(=O)NC(CN(C)Cc1ccccc1)[C@H](O)c1ccc2c(c1)OCCO2. The van der Waals surface area contributed by atoms with E-state index in [2.05, 4.69) is 29.3 Å². The molecule has 2 atom stereocenters. The average molecular weight is 567 g/mol. The van der Waals surface area contributed by atoms with E-state index in [4.69, 9.17) is 9.47 Å². The van der Waals surface area contributed by atoms with Gasteiger partial charge in [0.15, 0.2) is 11.5 Å². The van der Waals surface area contributed by atoms with E-state index >= 15 is 0 Å². The molecule has 2 N–H and O–H groups in total. The maximum atomic E-state index is 13.0. The minimum Gasteiger partial charge on any atom is -0.486 e. The number of amides is 1.